The highest BCUT2D eigenvalue weighted by Crippen LogP contribution is 2.30. The second-order valence-corrected chi connectivity index (χ2v) is 8.17. The third-order valence-corrected chi connectivity index (χ3v) is 3.58. The first-order valence-electron chi connectivity index (χ1n) is 8.77. The Morgan fingerprint density at radius 2 is 1.89 bits per heavy atom. The summed E-state index contributed by atoms with van der Waals surface area (Å²) in [6.07, 6.45) is 2.82. The minimum atomic E-state index is -0.749. The number of nitrogens with zero attached hydrogens (tertiary/aromatic N) is 3. The lowest BCUT2D eigenvalue weighted by molar-refractivity contribution is -0.384. The van der Waals surface area contributed by atoms with Gasteiger partial charge in [0.25, 0.3) is 5.69 Å². The van der Waals surface area contributed by atoms with E-state index in [1.54, 1.807) is 64.8 Å². The van der Waals surface area contributed by atoms with Crippen LogP contribution in [-0.4, -0.2) is 38.5 Å². The van der Waals surface area contributed by atoms with Crippen LogP contribution in [0.2, 0.25) is 0 Å². The van der Waals surface area contributed by atoms with Crippen molar-refractivity contribution in [2.24, 2.45) is 7.05 Å². The van der Waals surface area contributed by atoms with Gasteiger partial charge in [-0.3, -0.25) is 14.8 Å². The molecule has 0 radical (unpaired) electrons. The molecule has 1 heterocycles. The number of rotatable bonds is 6. The fourth-order valence-electron chi connectivity index (χ4n) is 2.39. The van der Waals surface area contributed by atoms with Gasteiger partial charge >= 0.3 is 6.09 Å². The summed E-state index contributed by atoms with van der Waals surface area (Å²) in [6.45, 7) is 8.98. The molecular weight excluding hydrogens is 364 g/mol. The number of non-ortho nitro benzene ring substituents is 1. The number of amides is 1. The zero-order chi connectivity index (χ0) is 21.1. The number of alkyl carbamates (subject to hydrolysis) is 1. The average molecular weight is 390 g/mol. The summed E-state index contributed by atoms with van der Waals surface area (Å²) in [5, 5.41) is 18.1. The predicted molar refractivity (Wildman–Crippen MR) is 104 cm³/mol. The number of aryl methyl sites for hydroxylation is 1. The molecule has 2 rings (SSSR count). The average Bonchev–Trinajstić information content (AvgIpc) is 2.97. The maximum Gasteiger partial charge on any atom is 0.408 e. The highest BCUT2D eigenvalue weighted by molar-refractivity contribution is 5.69. The quantitative estimate of drug-likeness (QED) is 0.595. The number of nitrogens with one attached hydrogen (secondary N) is 1. The molecule has 9 nitrogen and oxygen atoms in total. The summed E-state index contributed by atoms with van der Waals surface area (Å²) in [4.78, 5) is 22.8. The first kappa shape index (κ1) is 21.2. The third kappa shape index (κ3) is 6.26. The fraction of sp³-hybridized carbons (Fsp3) is 0.474. The van der Waals surface area contributed by atoms with Gasteiger partial charge in [-0.2, -0.15) is 5.10 Å². The Balaban J connectivity index is 2.15. The van der Waals surface area contributed by atoms with Crippen LogP contribution in [0.4, 0.5) is 10.5 Å². The molecule has 1 aromatic heterocycles. The van der Waals surface area contributed by atoms with Crippen molar-refractivity contribution in [2.75, 3.05) is 6.61 Å². The van der Waals surface area contributed by atoms with Gasteiger partial charge in [0.1, 0.15) is 18.0 Å². The Labute approximate surface area is 163 Å². The minimum Gasteiger partial charge on any atom is -0.491 e. The van der Waals surface area contributed by atoms with Gasteiger partial charge in [0.05, 0.1) is 22.7 Å². The number of benzene rings is 1. The summed E-state index contributed by atoms with van der Waals surface area (Å²) in [5.41, 5.74) is -0.0900. The van der Waals surface area contributed by atoms with Crippen molar-refractivity contribution in [1.82, 2.24) is 15.1 Å². The second kappa shape index (κ2) is 7.87. The van der Waals surface area contributed by atoms with Crippen molar-refractivity contribution in [3.63, 3.8) is 0 Å². The lowest BCUT2D eigenvalue weighted by atomic mass is 10.1. The van der Waals surface area contributed by atoms with E-state index in [0.29, 0.717) is 11.3 Å². The summed E-state index contributed by atoms with van der Waals surface area (Å²) in [6, 6.07) is 4.52. The van der Waals surface area contributed by atoms with Gasteiger partial charge in [-0.1, -0.05) is 0 Å². The Morgan fingerprint density at radius 1 is 1.21 bits per heavy atom. The van der Waals surface area contributed by atoms with E-state index in [2.05, 4.69) is 10.4 Å². The zero-order valence-electron chi connectivity index (χ0n) is 17.0. The molecule has 0 saturated carbocycles. The van der Waals surface area contributed by atoms with E-state index >= 15 is 0 Å². The standard InChI is InChI=1S/C19H26N4O5/c1-18(2,3)28-17(24)21-19(4,5)12-27-16-8-13(7-15(9-16)23(25)26)14-10-20-22(6)11-14/h7-11H,12H2,1-6H3,(H,21,24). The van der Waals surface area contributed by atoms with Crippen LogP contribution < -0.4 is 10.1 Å². The summed E-state index contributed by atoms with van der Waals surface area (Å²) in [5.74, 6) is 0.326. The molecular formula is C19H26N4O5. The molecule has 0 unspecified atom stereocenters. The topological polar surface area (TPSA) is 109 Å². The summed E-state index contributed by atoms with van der Waals surface area (Å²) < 4.78 is 12.6. The number of nitro groups is 1. The second-order valence-electron chi connectivity index (χ2n) is 8.17. The summed E-state index contributed by atoms with van der Waals surface area (Å²) in [7, 11) is 1.77. The first-order chi connectivity index (χ1) is 12.8. The van der Waals surface area contributed by atoms with Crippen LogP contribution in [0.1, 0.15) is 34.6 Å². The smallest absolute Gasteiger partial charge is 0.408 e. The fourth-order valence-corrected chi connectivity index (χ4v) is 2.39. The van der Waals surface area contributed by atoms with E-state index < -0.39 is 22.2 Å². The lowest BCUT2D eigenvalue weighted by Crippen LogP contribution is -2.49. The van der Waals surface area contributed by atoms with E-state index in [4.69, 9.17) is 9.47 Å². The highest BCUT2D eigenvalue weighted by atomic mass is 16.6. The van der Waals surface area contributed by atoms with Gasteiger partial charge in [-0.05, 0) is 46.2 Å². The maximum absolute atomic E-state index is 12.0. The molecule has 0 bridgehead atoms. The van der Waals surface area contributed by atoms with Crippen molar-refractivity contribution in [3.8, 4) is 16.9 Å². The third-order valence-electron chi connectivity index (χ3n) is 3.58. The molecule has 0 spiro atoms. The maximum atomic E-state index is 12.0. The zero-order valence-corrected chi connectivity index (χ0v) is 17.0. The van der Waals surface area contributed by atoms with Crippen LogP contribution in [0.3, 0.4) is 0 Å². The normalized spacial score (nSPS) is 11.8. The Morgan fingerprint density at radius 3 is 2.43 bits per heavy atom. The Hall–Kier alpha value is -3.10. The molecule has 2 aromatic rings. The van der Waals surface area contributed by atoms with Crippen LogP contribution in [0.25, 0.3) is 11.1 Å². The van der Waals surface area contributed by atoms with Crippen LogP contribution in [-0.2, 0) is 11.8 Å². The number of nitro benzene ring substituents is 1. The highest BCUT2D eigenvalue weighted by Gasteiger charge is 2.25. The molecule has 9 heteroatoms. The molecule has 0 aliphatic heterocycles. The summed E-state index contributed by atoms with van der Waals surface area (Å²) >= 11 is 0. The van der Waals surface area contributed by atoms with Crippen LogP contribution in [0.5, 0.6) is 5.75 Å². The van der Waals surface area contributed by atoms with Crippen molar-refractivity contribution >= 4 is 11.8 Å². The van der Waals surface area contributed by atoms with E-state index in [9.17, 15) is 14.9 Å². The van der Waals surface area contributed by atoms with E-state index in [0.717, 1.165) is 5.56 Å². The molecule has 0 aliphatic rings. The van der Waals surface area contributed by atoms with Gasteiger partial charge in [-0.25, -0.2) is 4.79 Å². The van der Waals surface area contributed by atoms with Crippen molar-refractivity contribution < 1.29 is 19.2 Å². The number of carbonyl (C=O) groups is 1. The number of hydrogen-bond acceptors (Lipinski definition) is 6. The number of aromatic nitrogens is 2. The van der Waals surface area contributed by atoms with Crippen molar-refractivity contribution in [1.29, 1.82) is 0 Å². The lowest BCUT2D eigenvalue weighted by Gasteiger charge is -2.28. The molecule has 0 saturated heterocycles. The molecule has 28 heavy (non-hydrogen) atoms. The number of carbonyl (C=O) groups excluding carboxylic acids is 1. The van der Waals surface area contributed by atoms with Crippen LogP contribution >= 0.6 is 0 Å². The number of hydrogen-bond donors (Lipinski definition) is 1. The largest absolute Gasteiger partial charge is 0.491 e. The van der Waals surface area contributed by atoms with Gasteiger partial charge < -0.3 is 14.8 Å². The first-order valence-corrected chi connectivity index (χ1v) is 8.77. The van der Waals surface area contributed by atoms with E-state index in [1.165, 1.54) is 12.1 Å². The van der Waals surface area contributed by atoms with Crippen molar-refractivity contribution in [2.45, 2.75) is 45.8 Å². The number of ether oxygens (including phenoxy) is 2. The molecule has 1 amide bonds. The molecule has 0 aliphatic carbocycles. The minimum absolute atomic E-state index is 0.0886. The van der Waals surface area contributed by atoms with Gasteiger partial charge in [0.2, 0.25) is 0 Å². The van der Waals surface area contributed by atoms with Crippen LogP contribution in [0, 0.1) is 10.1 Å². The molecule has 152 valence electrons. The molecule has 1 aromatic carbocycles. The van der Waals surface area contributed by atoms with Gasteiger partial charge in [0.15, 0.2) is 0 Å². The molecule has 0 atom stereocenters. The molecule has 1 N–H and O–H groups in total. The van der Waals surface area contributed by atoms with Gasteiger partial charge in [0, 0.05) is 24.9 Å². The Kier molecular flexibility index (Phi) is 5.96. The van der Waals surface area contributed by atoms with Crippen LogP contribution in [0.15, 0.2) is 30.6 Å². The van der Waals surface area contributed by atoms with Crippen molar-refractivity contribution in [3.05, 3.63) is 40.7 Å². The predicted octanol–water partition coefficient (Wildman–Crippen LogP) is 3.68. The monoisotopic (exact) mass is 390 g/mol. The van der Waals surface area contributed by atoms with Gasteiger partial charge in [-0.15, -0.1) is 0 Å². The molecule has 0 fully saturated rings. The SMILES string of the molecule is Cn1cc(-c2cc(OCC(C)(C)NC(=O)OC(C)(C)C)cc([N+](=O)[O-])c2)cn1. The van der Waals surface area contributed by atoms with E-state index in [1.807, 2.05) is 0 Å². The van der Waals surface area contributed by atoms with E-state index in [-0.39, 0.29) is 12.3 Å². The Bertz CT molecular complexity index is 867.